The van der Waals surface area contributed by atoms with E-state index in [1.165, 1.54) is 19.4 Å². The lowest BCUT2D eigenvalue weighted by Crippen LogP contribution is -2.44. The van der Waals surface area contributed by atoms with Crippen LogP contribution in [0, 0.1) is 5.92 Å². The first-order chi connectivity index (χ1) is 13.5. The van der Waals surface area contributed by atoms with Crippen LogP contribution in [0.3, 0.4) is 0 Å². The van der Waals surface area contributed by atoms with E-state index in [2.05, 4.69) is 10.6 Å². The van der Waals surface area contributed by atoms with Gasteiger partial charge in [-0.15, -0.1) is 0 Å². The molecule has 1 aromatic rings. The molecule has 1 rings (SSSR count). The number of hydrogen-bond donors (Lipinski definition) is 2. The van der Waals surface area contributed by atoms with Crippen LogP contribution in [0.1, 0.15) is 40.2 Å². The SMILES string of the molecule is COC(=O)[C@@H](N/C=C\C(=O)[C@H](Cc1ccccc1)NC(=O)OC(C)(C)C)C(C)C. The number of rotatable bonds is 9. The van der Waals surface area contributed by atoms with Gasteiger partial charge in [0.05, 0.1) is 13.2 Å². The molecule has 0 saturated heterocycles. The molecular formula is C22H32N2O5. The Morgan fingerprint density at radius 3 is 2.24 bits per heavy atom. The van der Waals surface area contributed by atoms with Gasteiger partial charge in [0, 0.05) is 12.6 Å². The van der Waals surface area contributed by atoms with Crippen LogP contribution in [0.15, 0.2) is 42.6 Å². The van der Waals surface area contributed by atoms with Gasteiger partial charge in [-0.2, -0.15) is 0 Å². The topological polar surface area (TPSA) is 93.7 Å². The van der Waals surface area contributed by atoms with E-state index in [9.17, 15) is 14.4 Å². The highest BCUT2D eigenvalue weighted by atomic mass is 16.6. The summed E-state index contributed by atoms with van der Waals surface area (Å²) < 4.78 is 10.0. The molecule has 160 valence electrons. The molecule has 0 saturated carbocycles. The average molecular weight is 405 g/mol. The van der Waals surface area contributed by atoms with E-state index in [4.69, 9.17) is 9.47 Å². The maximum absolute atomic E-state index is 12.7. The van der Waals surface area contributed by atoms with Gasteiger partial charge in [0.1, 0.15) is 11.6 Å². The number of carbonyl (C=O) groups is 3. The van der Waals surface area contributed by atoms with Gasteiger partial charge in [-0.3, -0.25) is 4.79 Å². The molecule has 0 spiro atoms. The summed E-state index contributed by atoms with van der Waals surface area (Å²) in [5.74, 6) is -0.758. The van der Waals surface area contributed by atoms with Crippen LogP contribution in [0.5, 0.6) is 0 Å². The van der Waals surface area contributed by atoms with Crippen LogP contribution < -0.4 is 10.6 Å². The van der Waals surface area contributed by atoms with Crippen molar-refractivity contribution in [2.45, 2.75) is 58.7 Å². The van der Waals surface area contributed by atoms with Crippen LogP contribution in [-0.4, -0.2) is 42.6 Å². The number of amides is 1. The van der Waals surface area contributed by atoms with Crippen molar-refractivity contribution < 1.29 is 23.9 Å². The fourth-order valence-corrected chi connectivity index (χ4v) is 2.53. The van der Waals surface area contributed by atoms with Gasteiger partial charge < -0.3 is 20.1 Å². The minimum Gasteiger partial charge on any atom is -0.467 e. The highest BCUT2D eigenvalue weighted by Crippen LogP contribution is 2.09. The van der Waals surface area contributed by atoms with Gasteiger partial charge in [-0.1, -0.05) is 44.2 Å². The third kappa shape index (κ3) is 9.27. The number of ether oxygens (including phenoxy) is 2. The summed E-state index contributed by atoms with van der Waals surface area (Å²) in [7, 11) is 1.31. The predicted molar refractivity (Wildman–Crippen MR) is 111 cm³/mol. The van der Waals surface area contributed by atoms with E-state index in [-0.39, 0.29) is 11.7 Å². The number of carbonyl (C=O) groups excluding carboxylic acids is 3. The van der Waals surface area contributed by atoms with Crippen molar-refractivity contribution in [2.24, 2.45) is 5.92 Å². The molecule has 0 fully saturated rings. The first kappa shape index (κ1) is 24.2. The number of benzene rings is 1. The van der Waals surface area contributed by atoms with Crippen molar-refractivity contribution in [3.05, 3.63) is 48.2 Å². The molecule has 7 nitrogen and oxygen atoms in total. The number of ketones is 1. The number of esters is 1. The van der Waals surface area contributed by atoms with E-state index in [1.54, 1.807) is 20.8 Å². The van der Waals surface area contributed by atoms with Gasteiger partial charge >= 0.3 is 12.1 Å². The van der Waals surface area contributed by atoms with Gasteiger partial charge in [0.2, 0.25) is 0 Å². The van der Waals surface area contributed by atoms with Crippen molar-refractivity contribution in [1.82, 2.24) is 10.6 Å². The van der Waals surface area contributed by atoms with E-state index in [0.717, 1.165) is 5.56 Å². The van der Waals surface area contributed by atoms with Crippen molar-refractivity contribution in [1.29, 1.82) is 0 Å². The minimum atomic E-state index is -0.805. The maximum Gasteiger partial charge on any atom is 0.408 e. The Labute approximate surface area is 172 Å². The molecule has 0 aliphatic rings. The summed E-state index contributed by atoms with van der Waals surface area (Å²) in [6.07, 6.45) is 2.37. The molecule has 2 atom stereocenters. The minimum absolute atomic E-state index is 0.0257. The largest absolute Gasteiger partial charge is 0.467 e. The second-order valence-electron chi connectivity index (χ2n) is 8.04. The molecule has 0 heterocycles. The van der Waals surface area contributed by atoms with Gasteiger partial charge in [-0.25, -0.2) is 9.59 Å². The lowest BCUT2D eigenvalue weighted by Gasteiger charge is -2.23. The quantitative estimate of drug-likeness (QED) is 0.485. The summed E-state index contributed by atoms with van der Waals surface area (Å²) in [5, 5.41) is 5.53. The molecule has 0 aromatic heterocycles. The molecule has 7 heteroatoms. The molecule has 0 aliphatic heterocycles. The van der Waals surface area contributed by atoms with Crippen LogP contribution in [0.25, 0.3) is 0 Å². The first-order valence-corrected chi connectivity index (χ1v) is 9.61. The van der Waals surface area contributed by atoms with Crippen molar-refractivity contribution >= 4 is 17.8 Å². The highest BCUT2D eigenvalue weighted by molar-refractivity contribution is 5.96. The lowest BCUT2D eigenvalue weighted by atomic mass is 10.0. The third-order valence-electron chi connectivity index (χ3n) is 3.96. The summed E-state index contributed by atoms with van der Waals surface area (Å²) in [5.41, 5.74) is 0.227. The zero-order valence-corrected chi connectivity index (χ0v) is 18.0. The van der Waals surface area contributed by atoms with Gasteiger partial charge in [0.15, 0.2) is 5.78 Å². The number of nitrogens with one attached hydrogen (secondary N) is 2. The Hall–Kier alpha value is -2.83. The summed E-state index contributed by atoms with van der Waals surface area (Å²) in [4.78, 5) is 36.7. The molecular weight excluding hydrogens is 372 g/mol. The summed E-state index contributed by atoms with van der Waals surface area (Å²) in [6.45, 7) is 8.99. The monoisotopic (exact) mass is 404 g/mol. The highest BCUT2D eigenvalue weighted by Gasteiger charge is 2.24. The zero-order chi connectivity index (χ0) is 22.0. The van der Waals surface area contributed by atoms with E-state index >= 15 is 0 Å². The fraction of sp³-hybridized carbons (Fsp3) is 0.500. The van der Waals surface area contributed by atoms with Crippen LogP contribution in [0.4, 0.5) is 4.79 Å². The Balaban J connectivity index is 2.88. The van der Waals surface area contributed by atoms with Gasteiger partial charge in [-0.05, 0) is 38.3 Å². The summed E-state index contributed by atoms with van der Waals surface area (Å²) in [6, 6.07) is 7.99. The first-order valence-electron chi connectivity index (χ1n) is 9.61. The number of methoxy groups -OCH3 is 1. The van der Waals surface area contributed by atoms with Crippen LogP contribution in [0.2, 0.25) is 0 Å². The third-order valence-corrected chi connectivity index (χ3v) is 3.96. The molecule has 0 radical (unpaired) electrons. The molecule has 0 unspecified atom stereocenters. The zero-order valence-electron chi connectivity index (χ0n) is 18.0. The Kier molecular flexibility index (Phi) is 9.38. The lowest BCUT2D eigenvalue weighted by molar-refractivity contribution is -0.144. The Bertz CT molecular complexity index is 708. The number of hydrogen-bond acceptors (Lipinski definition) is 6. The second kappa shape index (κ2) is 11.2. The van der Waals surface area contributed by atoms with E-state index in [1.807, 2.05) is 44.2 Å². The van der Waals surface area contributed by atoms with Crippen molar-refractivity contribution in [2.75, 3.05) is 7.11 Å². The van der Waals surface area contributed by atoms with Crippen molar-refractivity contribution in [3.8, 4) is 0 Å². The van der Waals surface area contributed by atoms with Crippen LogP contribution in [-0.2, 0) is 25.5 Å². The van der Waals surface area contributed by atoms with Crippen molar-refractivity contribution in [3.63, 3.8) is 0 Å². The molecule has 0 bridgehead atoms. The van der Waals surface area contributed by atoms with Crippen LogP contribution >= 0.6 is 0 Å². The molecule has 1 amide bonds. The number of alkyl carbamates (subject to hydrolysis) is 1. The molecule has 0 aliphatic carbocycles. The Morgan fingerprint density at radius 2 is 1.72 bits per heavy atom. The normalized spacial score (nSPS) is 13.6. The maximum atomic E-state index is 12.7. The van der Waals surface area contributed by atoms with E-state index < -0.39 is 29.7 Å². The molecule has 29 heavy (non-hydrogen) atoms. The smallest absolute Gasteiger partial charge is 0.408 e. The summed E-state index contributed by atoms with van der Waals surface area (Å²) >= 11 is 0. The standard InChI is InChI=1S/C22H32N2O5/c1-15(2)19(20(26)28-6)23-13-12-18(25)17(14-16-10-8-7-9-11-16)24-21(27)29-22(3,4)5/h7-13,15,17,19,23H,14H2,1-6H3,(H,24,27)/b13-12-/t17-,19-/m0/s1. The fourth-order valence-electron chi connectivity index (χ4n) is 2.53. The molecule has 1 aromatic carbocycles. The second-order valence-corrected chi connectivity index (χ2v) is 8.04. The molecule has 2 N–H and O–H groups in total. The Morgan fingerprint density at radius 1 is 1.10 bits per heavy atom. The average Bonchev–Trinajstić information content (AvgIpc) is 2.63. The van der Waals surface area contributed by atoms with Gasteiger partial charge in [0.25, 0.3) is 0 Å². The van der Waals surface area contributed by atoms with E-state index in [0.29, 0.717) is 6.42 Å². The predicted octanol–water partition coefficient (Wildman–Crippen LogP) is 2.99.